The number of fused-ring (bicyclic) bond motifs is 14. The first-order valence-corrected chi connectivity index (χ1v) is 19.3. The second kappa shape index (κ2) is 10.6. The summed E-state index contributed by atoms with van der Waals surface area (Å²) in [5, 5.41) is 13.1. The normalized spacial score (nSPS) is 13.6. The molecule has 1 spiro atoms. The summed E-state index contributed by atoms with van der Waals surface area (Å²) in [5.41, 5.74) is 15.4. The Bertz CT molecular complexity index is 3370. The molecule has 0 amide bonds. The minimum atomic E-state index is -0.457. The van der Waals surface area contributed by atoms with Gasteiger partial charge in [0, 0.05) is 0 Å². The Balaban J connectivity index is 1.12. The van der Waals surface area contributed by atoms with Crippen molar-refractivity contribution in [2.75, 3.05) is 0 Å². The van der Waals surface area contributed by atoms with Gasteiger partial charge in [0.15, 0.2) is 0 Å². The molecule has 0 atom stereocenters. The summed E-state index contributed by atoms with van der Waals surface area (Å²) in [6, 6.07) is 73.4. The van der Waals surface area contributed by atoms with Crippen molar-refractivity contribution in [2.24, 2.45) is 0 Å². The van der Waals surface area contributed by atoms with Crippen LogP contribution in [0.25, 0.3) is 98.4 Å². The fourth-order valence-electron chi connectivity index (χ4n) is 10.9. The number of hydrogen-bond donors (Lipinski definition) is 0. The van der Waals surface area contributed by atoms with Crippen molar-refractivity contribution in [2.45, 2.75) is 5.41 Å². The number of rotatable bonds is 2. The van der Waals surface area contributed by atoms with Gasteiger partial charge in [0.2, 0.25) is 0 Å². The van der Waals surface area contributed by atoms with Crippen LogP contribution in [0.3, 0.4) is 0 Å². The third-order valence-corrected chi connectivity index (χ3v) is 13.0. The summed E-state index contributed by atoms with van der Waals surface area (Å²) >= 11 is 0. The van der Waals surface area contributed by atoms with Gasteiger partial charge in [0.05, 0.1) is 5.41 Å². The smallest absolute Gasteiger partial charge is 0.0619 e. The van der Waals surface area contributed by atoms with Crippen LogP contribution in [0.2, 0.25) is 0 Å². The predicted molar refractivity (Wildman–Crippen MR) is 232 cm³/mol. The van der Waals surface area contributed by atoms with E-state index in [1.165, 1.54) is 121 Å². The van der Waals surface area contributed by atoms with Crippen molar-refractivity contribution in [1.82, 2.24) is 0 Å². The van der Waals surface area contributed by atoms with E-state index in [1.807, 2.05) is 0 Å². The van der Waals surface area contributed by atoms with Crippen molar-refractivity contribution in [3.8, 4) is 44.5 Å². The van der Waals surface area contributed by atoms with E-state index in [2.05, 4.69) is 194 Å². The van der Waals surface area contributed by atoms with E-state index >= 15 is 0 Å². The van der Waals surface area contributed by atoms with Crippen molar-refractivity contribution in [1.29, 1.82) is 0 Å². The van der Waals surface area contributed by atoms with Gasteiger partial charge in [-0.25, -0.2) is 0 Å². The molecule has 55 heavy (non-hydrogen) atoms. The van der Waals surface area contributed by atoms with Gasteiger partial charge >= 0.3 is 0 Å². The first kappa shape index (κ1) is 29.4. The molecular weight excluding hydrogens is 661 g/mol. The molecule has 11 aromatic carbocycles. The monoisotopic (exact) mass is 692 g/mol. The van der Waals surface area contributed by atoms with E-state index in [1.54, 1.807) is 0 Å². The van der Waals surface area contributed by atoms with Crippen LogP contribution >= 0.6 is 0 Å². The van der Waals surface area contributed by atoms with E-state index in [0.29, 0.717) is 0 Å². The van der Waals surface area contributed by atoms with Crippen molar-refractivity contribution in [3.05, 3.63) is 216 Å². The Kier molecular flexibility index (Phi) is 5.65. The fourth-order valence-corrected chi connectivity index (χ4v) is 10.9. The van der Waals surface area contributed by atoms with Crippen molar-refractivity contribution >= 4 is 53.9 Å². The lowest BCUT2D eigenvalue weighted by atomic mass is 9.69. The first-order valence-electron chi connectivity index (χ1n) is 19.3. The van der Waals surface area contributed by atoms with Crippen LogP contribution in [0, 0.1) is 0 Å². The van der Waals surface area contributed by atoms with Gasteiger partial charge in [-0.2, -0.15) is 0 Å². The second-order valence-corrected chi connectivity index (χ2v) is 15.5. The highest BCUT2D eigenvalue weighted by Gasteiger charge is 2.53. The third-order valence-electron chi connectivity index (χ3n) is 13.0. The largest absolute Gasteiger partial charge is 0.0731 e. The summed E-state index contributed by atoms with van der Waals surface area (Å²) in [6.45, 7) is 0. The molecule has 0 aliphatic heterocycles. The van der Waals surface area contributed by atoms with Gasteiger partial charge in [0.1, 0.15) is 0 Å². The maximum Gasteiger partial charge on any atom is 0.0731 e. The summed E-state index contributed by atoms with van der Waals surface area (Å²) in [7, 11) is 0. The minimum Gasteiger partial charge on any atom is -0.0619 e. The number of benzene rings is 11. The lowest BCUT2D eigenvalue weighted by molar-refractivity contribution is 0.802. The van der Waals surface area contributed by atoms with Crippen LogP contribution in [-0.4, -0.2) is 0 Å². The van der Waals surface area contributed by atoms with Gasteiger partial charge in [-0.05, 0) is 133 Å². The Hall–Kier alpha value is -7.02. The molecule has 2 aliphatic carbocycles. The molecule has 0 bridgehead atoms. The molecule has 0 aromatic heterocycles. The molecule has 0 radical (unpaired) electrons. The Morgan fingerprint density at radius 1 is 0.273 bits per heavy atom. The molecule has 252 valence electrons. The standard InChI is InChI=1S/C55H32/c1-2-16-40-33(11-1)25-30-46-53-44-20-4-3-17-41(44)47(32-50(53)55(54(40)46)48-21-7-5-18-42(48)43-19-6-8-22-49(43)55)38-15-10-14-37(31-38)39-28-26-36-24-23-34-12-9-13-35-27-29-45(39)52(36)51(34)35/h1-32H. The molecule has 0 saturated heterocycles. The SMILES string of the molecule is c1cc(-c2cc3c(c4ccccc24)-c2ccc4ccccc4c2C32c3ccccc3-c3ccccc32)cc(-c2ccc3ccc4cccc5ccc2c3c45)c1. The van der Waals surface area contributed by atoms with Gasteiger partial charge in [-0.3, -0.25) is 0 Å². The van der Waals surface area contributed by atoms with Crippen molar-refractivity contribution in [3.63, 3.8) is 0 Å². The molecule has 11 aromatic rings. The highest BCUT2D eigenvalue weighted by atomic mass is 14.5. The van der Waals surface area contributed by atoms with E-state index in [0.717, 1.165) is 0 Å². The summed E-state index contributed by atoms with van der Waals surface area (Å²) in [5.74, 6) is 0. The highest BCUT2D eigenvalue weighted by molar-refractivity contribution is 6.25. The van der Waals surface area contributed by atoms with Crippen LogP contribution < -0.4 is 0 Å². The molecule has 0 heterocycles. The Morgan fingerprint density at radius 3 is 1.60 bits per heavy atom. The summed E-state index contributed by atoms with van der Waals surface area (Å²) in [6.07, 6.45) is 0. The van der Waals surface area contributed by atoms with Crippen LogP contribution in [0.1, 0.15) is 22.3 Å². The third kappa shape index (κ3) is 3.67. The minimum absolute atomic E-state index is 0.457. The van der Waals surface area contributed by atoms with Crippen LogP contribution in [0.4, 0.5) is 0 Å². The second-order valence-electron chi connectivity index (χ2n) is 15.5. The first-order chi connectivity index (χ1) is 27.3. The molecule has 2 aliphatic rings. The zero-order valence-electron chi connectivity index (χ0n) is 30.0. The van der Waals surface area contributed by atoms with Gasteiger partial charge < -0.3 is 0 Å². The lowest BCUT2D eigenvalue weighted by Crippen LogP contribution is -2.26. The molecule has 0 unspecified atom stereocenters. The summed E-state index contributed by atoms with van der Waals surface area (Å²) < 4.78 is 0. The van der Waals surface area contributed by atoms with Crippen molar-refractivity contribution < 1.29 is 0 Å². The van der Waals surface area contributed by atoms with Crippen LogP contribution in [-0.2, 0) is 5.41 Å². The number of hydrogen-bond acceptors (Lipinski definition) is 0. The van der Waals surface area contributed by atoms with E-state index in [-0.39, 0.29) is 0 Å². The predicted octanol–water partition coefficient (Wildman–Crippen LogP) is 14.6. The zero-order chi connectivity index (χ0) is 35.8. The van der Waals surface area contributed by atoms with Crippen LogP contribution in [0.5, 0.6) is 0 Å². The average molecular weight is 693 g/mol. The molecule has 0 nitrogen and oxygen atoms in total. The van der Waals surface area contributed by atoms with Gasteiger partial charge in [-0.1, -0.05) is 182 Å². The highest BCUT2D eigenvalue weighted by Crippen LogP contribution is 2.65. The lowest BCUT2D eigenvalue weighted by Gasteiger charge is -2.32. The molecular formula is C55H32. The van der Waals surface area contributed by atoms with Gasteiger partial charge in [-0.15, -0.1) is 0 Å². The van der Waals surface area contributed by atoms with E-state index in [9.17, 15) is 0 Å². The summed E-state index contributed by atoms with van der Waals surface area (Å²) in [4.78, 5) is 0. The Labute approximate surface area is 318 Å². The molecule has 0 fully saturated rings. The van der Waals surface area contributed by atoms with Crippen LogP contribution in [0.15, 0.2) is 194 Å². The topological polar surface area (TPSA) is 0 Å². The molecule has 0 N–H and O–H groups in total. The molecule has 0 saturated carbocycles. The molecule has 0 heteroatoms. The maximum atomic E-state index is 2.56. The van der Waals surface area contributed by atoms with E-state index < -0.39 is 5.41 Å². The van der Waals surface area contributed by atoms with E-state index in [4.69, 9.17) is 0 Å². The average Bonchev–Trinajstić information content (AvgIpc) is 3.73. The molecule has 13 rings (SSSR count). The quantitative estimate of drug-likeness (QED) is 0.158. The Morgan fingerprint density at radius 2 is 0.818 bits per heavy atom. The maximum absolute atomic E-state index is 2.56. The zero-order valence-corrected chi connectivity index (χ0v) is 30.0. The van der Waals surface area contributed by atoms with Gasteiger partial charge in [0.25, 0.3) is 0 Å². The fraction of sp³-hybridized carbons (Fsp3) is 0.0182.